The van der Waals surface area contributed by atoms with Crippen LogP contribution in [-0.4, -0.2) is 40.5 Å². The smallest absolute Gasteiger partial charge is 0.211 e. The van der Waals surface area contributed by atoms with E-state index in [1.807, 2.05) is 13.8 Å². The van der Waals surface area contributed by atoms with E-state index in [-0.39, 0.29) is 17.7 Å². The Kier molecular flexibility index (Phi) is 7.08. The van der Waals surface area contributed by atoms with Gasteiger partial charge >= 0.3 is 0 Å². The third-order valence-electron chi connectivity index (χ3n) is 2.16. The average Bonchev–Trinajstić information content (AvgIpc) is 2.14. The molecule has 0 aromatic carbocycles. The van der Waals surface area contributed by atoms with Gasteiger partial charge in [0.15, 0.2) is 0 Å². The normalized spacial score (nSPS) is 14.5. The quantitative estimate of drug-likeness (QED) is 0.580. The maximum atomic E-state index is 11.4. The molecule has 0 fully saturated rings. The molecule has 0 aromatic rings. The molecule has 0 radical (unpaired) electrons. The molecule has 0 aliphatic heterocycles. The molecular weight excluding hydrogens is 216 g/mol. The standard InChI is InChI=1S/C9H22N2O3S/c1-8(2)9(10)7-11-15(12,13)6-4-5-14-3/h8-9,11H,4-7,10H2,1-3H3. The summed E-state index contributed by atoms with van der Waals surface area (Å²) in [5.41, 5.74) is 5.73. The summed E-state index contributed by atoms with van der Waals surface area (Å²) in [5, 5.41) is 0. The molecular formula is C9H22N2O3S. The van der Waals surface area contributed by atoms with Gasteiger partial charge in [-0.1, -0.05) is 13.8 Å². The number of hydrogen-bond donors (Lipinski definition) is 2. The highest BCUT2D eigenvalue weighted by atomic mass is 32.2. The molecule has 0 rings (SSSR count). The Balaban J connectivity index is 3.84. The van der Waals surface area contributed by atoms with Crippen LogP contribution >= 0.6 is 0 Å². The first-order valence-corrected chi connectivity index (χ1v) is 6.76. The zero-order valence-corrected chi connectivity index (χ0v) is 10.5. The summed E-state index contributed by atoms with van der Waals surface area (Å²) < 4.78 is 30.1. The first-order valence-electron chi connectivity index (χ1n) is 5.11. The van der Waals surface area contributed by atoms with E-state index in [2.05, 4.69) is 4.72 Å². The van der Waals surface area contributed by atoms with Crippen molar-refractivity contribution in [2.24, 2.45) is 11.7 Å². The summed E-state index contributed by atoms with van der Waals surface area (Å²) in [6, 6.07) is -0.137. The van der Waals surface area contributed by atoms with Gasteiger partial charge in [0.05, 0.1) is 5.75 Å². The molecule has 0 spiro atoms. The Labute approximate surface area is 92.4 Å². The minimum absolute atomic E-state index is 0.0889. The van der Waals surface area contributed by atoms with E-state index in [1.165, 1.54) is 0 Å². The molecule has 1 atom stereocenters. The Bertz CT molecular complexity index is 252. The lowest BCUT2D eigenvalue weighted by molar-refractivity contribution is 0.199. The fourth-order valence-electron chi connectivity index (χ4n) is 0.924. The van der Waals surface area contributed by atoms with Crippen LogP contribution in [0.2, 0.25) is 0 Å². The monoisotopic (exact) mass is 238 g/mol. The largest absolute Gasteiger partial charge is 0.385 e. The SMILES string of the molecule is COCCCS(=O)(=O)NCC(N)C(C)C. The van der Waals surface area contributed by atoms with Crippen LogP contribution in [0.25, 0.3) is 0 Å². The van der Waals surface area contributed by atoms with Gasteiger partial charge in [-0.15, -0.1) is 0 Å². The second kappa shape index (κ2) is 7.16. The van der Waals surface area contributed by atoms with Crippen LogP contribution in [0.1, 0.15) is 20.3 Å². The molecule has 0 aliphatic carbocycles. The summed E-state index contributed by atoms with van der Waals surface area (Å²) >= 11 is 0. The minimum atomic E-state index is -3.19. The first kappa shape index (κ1) is 14.8. The molecule has 0 saturated carbocycles. The summed E-state index contributed by atoms with van der Waals surface area (Å²) in [7, 11) is -1.64. The van der Waals surface area contributed by atoms with Crippen molar-refractivity contribution in [3.63, 3.8) is 0 Å². The third-order valence-corrected chi connectivity index (χ3v) is 3.59. The van der Waals surface area contributed by atoms with Gasteiger partial charge in [-0.3, -0.25) is 0 Å². The second-order valence-electron chi connectivity index (χ2n) is 3.92. The summed E-state index contributed by atoms with van der Waals surface area (Å²) in [6.45, 7) is 4.68. The van der Waals surface area contributed by atoms with Gasteiger partial charge < -0.3 is 10.5 Å². The minimum Gasteiger partial charge on any atom is -0.385 e. The lowest BCUT2D eigenvalue weighted by Crippen LogP contribution is -2.41. The number of rotatable bonds is 8. The number of nitrogens with one attached hydrogen (secondary N) is 1. The van der Waals surface area contributed by atoms with Crippen LogP contribution in [0.5, 0.6) is 0 Å². The molecule has 92 valence electrons. The van der Waals surface area contributed by atoms with E-state index in [1.54, 1.807) is 7.11 Å². The lowest BCUT2D eigenvalue weighted by Gasteiger charge is -2.16. The highest BCUT2D eigenvalue weighted by Crippen LogP contribution is 1.98. The average molecular weight is 238 g/mol. The fraction of sp³-hybridized carbons (Fsp3) is 1.00. The topological polar surface area (TPSA) is 81.4 Å². The lowest BCUT2D eigenvalue weighted by atomic mass is 10.1. The van der Waals surface area contributed by atoms with Gasteiger partial charge in [0, 0.05) is 26.3 Å². The molecule has 3 N–H and O–H groups in total. The zero-order valence-electron chi connectivity index (χ0n) is 9.69. The van der Waals surface area contributed by atoms with E-state index in [0.717, 1.165) is 0 Å². The number of sulfonamides is 1. The predicted molar refractivity (Wildman–Crippen MR) is 61.1 cm³/mol. The van der Waals surface area contributed by atoms with E-state index in [0.29, 0.717) is 19.6 Å². The molecule has 0 amide bonds. The van der Waals surface area contributed by atoms with Gasteiger partial charge in [-0.05, 0) is 12.3 Å². The van der Waals surface area contributed by atoms with Gasteiger partial charge in [-0.25, -0.2) is 13.1 Å². The molecule has 0 bridgehead atoms. The predicted octanol–water partition coefficient (Wildman–Crippen LogP) is -0.0744. The zero-order chi connectivity index (χ0) is 11.9. The molecule has 1 unspecified atom stereocenters. The maximum Gasteiger partial charge on any atom is 0.211 e. The number of hydrogen-bond acceptors (Lipinski definition) is 4. The van der Waals surface area contributed by atoms with E-state index in [4.69, 9.17) is 10.5 Å². The molecule has 5 nitrogen and oxygen atoms in total. The van der Waals surface area contributed by atoms with Crippen LogP contribution in [-0.2, 0) is 14.8 Å². The van der Waals surface area contributed by atoms with Crippen molar-refractivity contribution in [3.8, 4) is 0 Å². The van der Waals surface area contributed by atoms with Crippen molar-refractivity contribution < 1.29 is 13.2 Å². The summed E-state index contributed by atoms with van der Waals surface area (Å²) in [4.78, 5) is 0. The van der Waals surface area contributed by atoms with Crippen LogP contribution in [0.4, 0.5) is 0 Å². The molecule has 0 aromatic heterocycles. The molecule has 0 aliphatic rings. The Morgan fingerprint density at radius 3 is 2.47 bits per heavy atom. The number of nitrogens with two attached hydrogens (primary N) is 1. The molecule has 0 heterocycles. The van der Waals surface area contributed by atoms with Crippen LogP contribution in [0.15, 0.2) is 0 Å². The van der Waals surface area contributed by atoms with Gasteiger partial charge in [0.25, 0.3) is 0 Å². The summed E-state index contributed by atoms with van der Waals surface area (Å²) in [5.74, 6) is 0.359. The summed E-state index contributed by atoms with van der Waals surface area (Å²) in [6.07, 6.45) is 0.503. The maximum absolute atomic E-state index is 11.4. The van der Waals surface area contributed by atoms with Crippen molar-refractivity contribution in [2.75, 3.05) is 26.0 Å². The van der Waals surface area contributed by atoms with Crippen LogP contribution in [0, 0.1) is 5.92 Å². The Morgan fingerprint density at radius 1 is 1.40 bits per heavy atom. The molecule has 0 saturated heterocycles. The van der Waals surface area contributed by atoms with E-state index >= 15 is 0 Å². The van der Waals surface area contributed by atoms with Crippen molar-refractivity contribution in [1.29, 1.82) is 0 Å². The molecule has 15 heavy (non-hydrogen) atoms. The van der Waals surface area contributed by atoms with Crippen LogP contribution in [0.3, 0.4) is 0 Å². The number of methoxy groups -OCH3 is 1. The third kappa shape index (κ3) is 7.72. The van der Waals surface area contributed by atoms with E-state index in [9.17, 15) is 8.42 Å². The first-order chi connectivity index (χ1) is 6.89. The van der Waals surface area contributed by atoms with Crippen LogP contribution < -0.4 is 10.5 Å². The van der Waals surface area contributed by atoms with Crippen molar-refractivity contribution in [2.45, 2.75) is 26.3 Å². The highest BCUT2D eigenvalue weighted by molar-refractivity contribution is 7.89. The van der Waals surface area contributed by atoms with Gasteiger partial charge in [-0.2, -0.15) is 0 Å². The second-order valence-corrected chi connectivity index (χ2v) is 5.85. The van der Waals surface area contributed by atoms with Crippen molar-refractivity contribution in [3.05, 3.63) is 0 Å². The van der Waals surface area contributed by atoms with Crippen molar-refractivity contribution in [1.82, 2.24) is 4.72 Å². The van der Waals surface area contributed by atoms with E-state index < -0.39 is 10.0 Å². The van der Waals surface area contributed by atoms with Gasteiger partial charge in [0.1, 0.15) is 0 Å². The van der Waals surface area contributed by atoms with Crippen molar-refractivity contribution >= 4 is 10.0 Å². The Morgan fingerprint density at radius 2 is 2.00 bits per heavy atom. The Hall–Kier alpha value is -0.170. The fourth-order valence-corrected chi connectivity index (χ4v) is 2.01. The number of ether oxygens (including phenoxy) is 1. The van der Waals surface area contributed by atoms with Gasteiger partial charge in [0.2, 0.25) is 10.0 Å². The molecule has 6 heteroatoms. The highest BCUT2D eigenvalue weighted by Gasteiger charge is 2.13.